The normalized spacial score (nSPS) is 13.1. The van der Waals surface area contributed by atoms with Crippen molar-refractivity contribution in [2.24, 2.45) is 0 Å². The van der Waals surface area contributed by atoms with Crippen molar-refractivity contribution in [2.45, 2.75) is 17.9 Å². The molecule has 2 rings (SSSR count). The first-order chi connectivity index (χ1) is 9.44. The summed E-state index contributed by atoms with van der Waals surface area (Å²) in [6.45, 7) is 1.75. The number of aromatic nitrogens is 2. The Hall–Kier alpha value is -2.06. The molecule has 0 fully saturated rings. The lowest BCUT2D eigenvalue weighted by molar-refractivity contribution is 0.414. The van der Waals surface area contributed by atoms with Crippen LogP contribution in [-0.4, -0.2) is 25.7 Å². The SMILES string of the molecule is COc1ccc(C(C)NS(=O)(=O)c2cn[nH]c2N)cc1. The predicted molar refractivity (Wildman–Crippen MR) is 74.7 cm³/mol. The molecule has 8 heteroatoms. The standard InChI is InChI=1S/C12H16N4O3S/c1-8(9-3-5-10(19-2)6-4-9)16-20(17,18)11-7-14-15-12(11)13/h3-8,16H,1-2H3,(H3,13,14,15). The second-order valence-electron chi connectivity index (χ2n) is 4.26. The zero-order valence-electron chi connectivity index (χ0n) is 11.1. The molecule has 1 heterocycles. The Morgan fingerprint density at radius 2 is 2.00 bits per heavy atom. The quantitative estimate of drug-likeness (QED) is 0.763. The average molecular weight is 296 g/mol. The van der Waals surface area contributed by atoms with Gasteiger partial charge in [-0.25, -0.2) is 13.1 Å². The van der Waals surface area contributed by atoms with Crippen LogP contribution in [0.5, 0.6) is 5.75 Å². The van der Waals surface area contributed by atoms with Crippen molar-refractivity contribution in [3.8, 4) is 5.75 Å². The molecular formula is C12H16N4O3S. The van der Waals surface area contributed by atoms with Crippen LogP contribution in [0.25, 0.3) is 0 Å². The molecule has 0 spiro atoms. The number of anilines is 1. The number of ether oxygens (including phenoxy) is 1. The van der Waals surface area contributed by atoms with Crippen LogP contribution in [0.15, 0.2) is 35.4 Å². The first-order valence-electron chi connectivity index (χ1n) is 5.89. The highest BCUT2D eigenvalue weighted by atomic mass is 32.2. The number of hydrogen-bond acceptors (Lipinski definition) is 5. The van der Waals surface area contributed by atoms with Gasteiger partial charge < -0.3 is 10.5 Å². The number of aromatic amines is 1. The maximum atomic E-state index is 12.1. The van der Waals surface area contributed by atoms with Gasteiger partial charge in [0.25, 0.3) is 0 Å². The van der Waals surface area contributed by atoms with Crippen molar-refractivity contribution in [1.29, 1.82) is 0 Å². The number of nitrogens with two attached hydrogens (primary N) is 1. The summed E-state index contributed by atoms with van der Waals surface area (Å²) in [5.41, 5.74) is 6.34. The van der Waals surface area contributed by atoms with Crippen LogP contribution < -0.4 is 15.2 Å². The number of benzene rings is 1. The van der Waals surface area contributed by atoms with E-state index < -0.39 is 16.1 Å². The lowest BCUT2D eigenvalue weighted by Crippen LogP contribution is -2.27. The van der Waals surface area contributed by atoms with Gasteiger partial charge in [-0.15, -0.1) is 0 Å². The van der Waals surface area contributed by atoms with Gasteiger partial charge >= 0.3 is 0 Å². The highest BCUT2D eigenvalue weighted by molar-refractivity contribution is 7.89. The van der Waals surface area contributed by atoms with E-state index in [0.717, 1.165) is 5.56 Å². The number of hydrogen-bond donors (Lipinski definition) is 3. The molecular weight excluding hydrogens is 280 g/mol. The van der Waals surface area contributed by atoms with Crippen LogP contribution in [0.1, 0.15) is 18.5 Å². The molecule has 108 valence electrons. The Morgan fingerprint density at radius 3 is 2.50 bits per heavy atom. The molecule has 0 saturated carbocycles. The predicted octanol–water partition coefficient (Wildman–Crippen LogP) is 1.04. The molecule has 2 aromatic rings. The summed E-state index contributed by atoms with van der Waals surface area (Å²) in [5.74, 6) is 0.724. The third kappa shape index (κ3) is 2.91. The van der Waals surface area contributed by atoms with Crippen LogP contribution in [0, 0.1) is 0 Å². The maximum Gasteiger partial charge on any atom is 0.246 e. The third-order valence-corrected chi connectivity index (χ3v) is 4.44. The molecule has 1 aromatic heterocycles. The number of nitrogens with one attached hydrogen (secondary N) is 2. The first-order valence-corrected chi connectivity index (χ1v) is 7.37. The maximum absolute atomic E-state index is 12.1. The smallest absolute Gasteiger partial charge is 0.246 e. The monoisotopic (exact) mass is 296 g/mol. The van der Waals surface area contributed by atoms with E-state index in [4.69, 9.17) is 10.5 Å². The third-order valence-electron chi connectivity index (χ3n) is 2.87. The van der Waals surface area contributed by atoms with Crippen molar-refractivity contribution in [3.63, 3.8) is 0 Å². The van der Waals surface area contributed by atoms with E-state index in [0.29, 0.717) is 5.75 Å². The van der Waals surface area contributed by atoms with E-state index in [2.05, 4.69) is 14.9 Å². The molecule has 20 heavy (non-hydrogen) atoms. The van der Waals surface area contributed by atoms with E-state index in [9.17, 15) is 8.42 Å². The molecule has 4 N–H and O–H groups in total. The van der Waals surface area contributed by atoms with Gasteiger partial charge in [0, 0.05) is 6.04 Å². The van der Waals surface area contributed by atoms with E-state index in [1.807, 2.05) is 0 Å². The Morgan fingerprint density at radius 1 is 1.35 bits per heavy atom. The van der Waals surface area contributed by atoms with Crippen molar-refractivity contribution >= 4 is 15.8 Å². The van der Waals surface area contributed by atoms with Gasteiger partial charge in [0.1, 0.15) is 16.5 Å². The average Bonchev–Trinajstić information content (AvgIpc) is 2.85. The van der Waals surface area contributed by atoms with E-state index in [1.54, 1.807) is 38.3 Å². The fraction of sp³-hybridized carbons (Fsp3) is 0.250. The second kappa shape index (κ2) is 5.51. The number of sulfonamides is 1. The molecule has 0 aliphatic rings. The number of H-pyrrole nitrogens is 1. The van der Waals surface area contributed by atoms with Crippen molar-refractivity contribution in [3.05, 3.63) is 36.0 Å². The van der Waals surface area contributed by atoms with Gasteiger partial charge in [-0.1, -0.05) is 12.1 Å². The number of nitrogens with zero attached hydrogens (tertiary/aromatic N) is 1. The summed E-state index contributed by atoms with van der Waals surface area (Å²) in [7, 11) is -2.14. The zero-order valence-corrected chi connectivity index (χ0v) is 11.9. The van der Waals surface area contributed by atoms with Crippen LogP contribution in [0.4, 0.5) is 5.82 Å². The van der Waals surface area contributed by atoms with Gasteiger partial charge in [-0.05, 0) is 24.6 Å². The van der Waals surface area contributed by atoms with Crippen LogP contribution >= 0.6 is 0 Å². The van der Waals surface area contributed by atoms with Crippen LogP contribution in [-0.2, 0) is 10.0 Å². The molecule has 7 nitrogen and oxygen atoms in total. The molecule has 1 aromatic carbocycles. The molecule has 0 aliphatic carbocycles. The summed E-state index contributed by atoms with van der Waals surface area (Å²) < 4.78 is 31.9. The lowest BCUT2D eigenvalue weighted by Gasteiger charge is -2.14. The van der Waals surface area contributed by atoms with Crippen molar-refractivity contribution in [1.82, 2.24) is 14.9 Å². The summed E-state index contributed by atoms with van der Waals surface area (Å²) in [4.78, 5) is -0.0575. The molecule has 1 atom stereocenters. The van der Waals surface area contributed by atoms with Gasteiger partial charge in [0.15, 0.2) is 0 Å². The molecule has 0 amide bonds. The fourth-order valence-electron chi connectivity index (χ4n) is 1.76. The van der Waals surface area contributed by atoms with Gasteiger partial charge in [0.05, 0.1) is 13.3 Å². The van der Waals surface area contributed by atoms with E-state index >= 15 is 0 Å². The number of methoxy groups -OCH3 is 1. The molecule has 0 saturated heterocycles. The highest BCUT2D eigenvalue weighted by Crippen LogP contribution is 2.21. The van der Waals surface area contributed by atoms with Gasteiger partial charge in [-0.3, -0.25) is 5.10 Å². The van der Waals surface area contributed by atoms with E-state index in [-0.39, 0.29) is 10.7 Å². The topological polar surface area (TPSA) is 110 Å². The Balaban J connectivity index is 2.18. The summed E-state index contributed by atoms with van der Waals surface area (Å²) in [5, 5.41) is 6.00. The molecule has 0 bridgehead atoms. The largest absolute Gasteiger partial charge is 0.497 e. The molecule has 0 aliphatic heterocycles. The minimum atomic E-state index is -3.71. The highest BCUT2D eigenvalue weighted by Gasteiger charge is 2.22. The van der Waals surface area contributed by atoms with Crippen LogP contribution in [0.2, 0.25) is 0 Å². The van der Waals surface area contributed by atoms with Crippen molar-refractivity contribution in [2.75, 3.05) is 12.8 Å². The van der Waals surface area contributed by atoms with E-state index in [1.165, 1.54) is 6.20 Å². The second-order valence-corrected chi connectivity index (χ2v) is 5.95. The molecule has 1 unspecified atom stereocenters. The van der Waals surface area contributed by atoms with Gasteiger partial charge in [0.2, 0.25) is 10.0 Å². The van der Waals surface area contributed by atoms with Crippen LogP contribution in [0.3, 0.4) is 0 Å². The Bertz CT molecular complexity index is 679. The number of rotatable bonds is 5. The zero-order chi connectivity index (χ0) is 14.8. The minimum Gasteiger partial charge on any atom is -0.497 e. The van der Waals surface area contributed by atoms with Crippen molar-refractivity contribution < 1.29 is 13.2 Å². The summed E-state index contributed by atoms with van der Waals surface area (Å²) in [6.07, 6.45) is 1.18. The molecule has 0 radical (unpaired) electrons. The minimum absolute atomic E-state index is 0.0134. The summed E-state index contributed by atoms with van der Waals surface area (Å²) >= 11 is 0. The summed E-state index contributed by atoms with van der Waals surface area (Å²) in [6, 6.07) is 6.73. The Labute approximate surface area is 117 Å². The van der Waals surface area contributed by atoms with Gasteiger partial charge in [-0.2, -0.15) is 5.10 Å². The first kappa shape index (κ1) is 14.4. The Kier molecular flexibility index (Phi) is 3.96. The lowest BCUT2D eigenvalue weighted by atomic mass is 10.1. The number of nitrogen functional groups attached to an aromatic ring is 1. The fourth-order valence-corrected chi connectivity index (χ4v) is 3.01.